The number of hydrogen-bond donors (Lipinski definition) is 1. The van der Waals surface area contributed by atoms with E-state index in [4.69, 9.17) is 4.74 Å². The van der Waals surface area contributed by atoms with Crippen LogP contribution in [0, 0.1) is 0 Å². The highest BCUT2D eigenvalue weighted by atomic mass is 16.5. The van der Waals surface area contributed by atoms with Crippen LogP contribution < -0.4 is 5.32 Å². The molecule has 1 aliphatic heterocycles. The van der Waals surface area contributed by atoms with E-state index in [1.165, 1.54) is 43.4 Å². The Bertz CT molecular complexity index is 374. The number of aryl methyl sites for hydroxylation is 1. The van der Waals surface area contributed by atoms with Gasteiger partial charge in [0.05, 0.1) is 11.8 Å². The maximum Gasteiger partial charge on any atom is 0.0700 e. The lowest BCUT2D eigenvalue weighted by atomic mass is 9.92. The summed E-state index contributed by atoms with van der Waals surface area (Å²) in [6, 6.07) is 4.69. The SMILES string of the molecule is c1cnc2c(c1)CCCC2NCC1CCCO1. The molecule has 3 rings (SSSR count). The van der Waals surface area contributed by atoms with Gasteiger partial charge in [-0.2, -0.15) is 0 Å². The number of aromatic nitrogens is 1. The molecule has 2 aliphatic rings. The number of rotatable bonds is 3. The standard InChI is InChI=1S/C14H20N2O/c1-4-11-5-2-8-15-14(11)13(7-1)16-10-12-6-3-9-17-12/h2,5,8,12-13,16H,1,3-4,6-7,9-10H2. The summed E-state index contributed by atoms with van der Waals surface area (Å²) in [5.41, 5.74) is 2.68. The van der Waals surface area contributed by atoms with Crippen LogP contribution in [0.5, 0.6) is 0 Å². The molecule has 1 N–H and O–H groups in total. The Morgan fingerprint density at radius 1 is 1.35 bits per heavy atom. The summed E-state index contributed by atoms with van der Waals surface area (Å²) in [5.74, 6) is 0. The van der Waals surface area contributed by atoms with Gasteiger partial charge in [-0.05, 0) is 43.7 Å². The Hall–Kier alpha value is -0.930. The number of pyridine rings is 1. The van der Waals surface area contributed by atoms with E-state index >= 15 is 0 Å². The average Bonchev–Trinajstić information content (AvgIpc) is 2.89. The van der Waals surface area contributed by atoms with Crippen molar-refractivity contribution in [3.05, 3.63) is 29.6 Å². The van der Waals surface area contributed by atoms with Gasteiger partial charge in [0, 0.05) is 25.4 Å². The van der Waals surface area contributed by atoms with Crippen LogP contribution in [0.2, 0.25) is 0 Å². The first-order chi connectivity index (χ1) is 8.43. The van der Waals surface area contributed by atoms with Gasteiger partial charge in [-0.1, -0.05) is 6.07 Å². The van der Waals surface area contributed by atoms with Crippen LogP contribution in [0.3, 0.4) is 0 Å². The first-order valence-electron chi connectivity index (χ1n) is 6.72. The predicted molar refractivity (Wildman–Crippen MR) is 66.9 cm³/mol. The van der Waals surface area contributed by atoms with Crippen LogP contribution in [0.4, 0.5) is 0 Å². The second-order valence-electron chi connectivity index (χ2n) is 5.04. The van der Waals surface area contributed by atoms with E-state index in [0.717, 1.165) is 13.2 Å². The van der Waals surface area contributed by atoms with Crippen LogP contribution in [-0.4, -0.2) is 24.2 Å². The molecule has 0 amide bonds. The lowest BCUT2D eigenvalue weighted by Crippen LogP contribution is -2.32. The van der Waals surface area contributed by atoms with Crippen LogP contribution in [-0.2, 0) is 11.2 Å². The molecule has 0 bridgehead atoms. The molecule has 2 atom stereocenters. The average molecular weight is 232 g/mol. The molecule has 1 fully saturated rings. The normalized spacial score (nSPS) is 28.0. The maximum absolute atomic E-state index is 5.65. The van der Waals surface area contributed by atoms with Crippen molar-refractivity contribution in [3.63, 3.8) is 0 Å². The Labute approximate surface area is 103 Å². The summed E-state index contributed by atoms with van der Waals surface area (Å²) in [5, 5.41) is 3.63. The van der Waals surface area contributed by atoms with Gasteiger partial charge in [-0.25, -0.2) is 0 Å². The van der Waals surface area contributed by atoms with E-state index in [9.17, 15) is 0 Å². The summed E-state index contributed by atoms with van der Waals surface area (Å²) in [6.07, 6.45) is 8.40. The number of fused-ring (bicyclic) bond motifs is 1. The fraction of sp³-hybridized carbons (Fsp3) is 0.643. The molecule has 0 spiro atoms. The fourth-order valence-electron chi connectivity index (χ4n) is 2.89. The summed E-state index contributed by atoms with van der Waals surface area (Å²) in [6.45, 7) is 1.91. The van der Waals surface area contributed by atoms with Crippen molar-refractivity contribution in [3.8, 4) is 0 Å². The third-order valence-corrected chi connectivity index (χ3v) is 3.81. The molecule has 2 heterocycles. The molecule has 17 heavy (non-hydrogen) atoms. The first kappa shape index (κ1) is 11.2. The van der Waals surface area contributed by atoms with Crippen molar-refractivity contribution < 1.29 is 4.74 Å². The number of ether oxygens (including phenoxy) is 1. The Balaban J connectivity index is 1.64. The van der Waals surface area contributed by atoms with E-state index in [1.54, 1.807) is 0 Å². The van der Waals surface area contributed by atoms with Crippen LogP contribution in [0.25, 0.3) is 0 Å². The zero-order valence-corrected chi connectivity index (χ0v) is 10.2. The highest BCUT2D eigenvalue weighted by molar-refractivity contribution is 5.25. The third kappa shape index (κ3) is 2.50. The second kappa shape index (κ2) is 5.15. The van der Waals surface area contributed by atoms with Gasteiger partial charge in [0.15, 0.2) is 0 Å². The minimum absolute atomic E-state index is 0.420. The Morgan fingerprint density at radius 3 is 3.24 bits per heavy atom. The van der Waals surface area contributed by atoms with E-state index in [2.05, 4.69) is 16.4 Å². The van der Waals surface area contributed by atoms with Crippen LogP contribution in [0.15, 0.2) is 18.3 Å². The monoisotopic (exact) mass is 232 g/mol. The molecule has 2 unspecified atom stereocenters. The molecule has 1 aromatic heterocycles. The number of nitrogens with zero attached hydrogens (tertiary/aromatic N) is 1. The summed E-state index contributed by atoms with van der Waals surface area (Å²) < 4.78 is 5.65. The minimum atomic E-state index is 0.420. The van der Waals surface area contributed by atoms with Gasteiger partial charge in [0.25, 0.3) is 0 Å². The molecule has 1 aliphatic carbocycles. The molecule has 1 aromatic rings. The van der Waals surface area contributed by atoms with Crippen molar-refractivity contribution in [2.75, 3.05) is 13.2 Å². The van der Waals surface area contributed by atoms with E-state index in [0.29, 0.717) is 12.1 Å². The lowest BCUT2D eigenvalue weighted by molar-refractivity contribution is 0.106. The van der Waals surface area contributed by atoms with Gasteiger partial charge in [-0.3, -0.25) is 4.98 Å². The summed E-state index contributed by atoms with van der Waals surface area (Å²) >= 11 is 0. The topological polar surface area (TPSA) is 34.2 Å². The van der Waals surface area contributed by atoms with Gasteiger partial charge < -0.3 is 10.1 Å². The van der Waals surface area contributed by atoms with Gasteiger partial charge >= 0.3 is 0 Å². The van der Waals surface area contributed by atoms with Gasteiger partial charge in [-0.15, -0.1) is 0 Å². The quantitative estimate of drug-likeness (QED) is 0.867. The molecule has 0 radical (unpaired) electrons. The van der Waals surface area contributed by atoms with E-state index in [-0.39, 0.29) is 0 Å². The molecular formula is C14H20N2O. The van der Waals surface area contributed by atoms with Crippen LogP contribution in [0.1, 0.15) is 43.0 Å². The molecular weight excluding hydrogens is 212 g/mol. The predicted octanol–water partition coefficient (Wildman–Crippen LogP) is 2.23. The first-order valence-corrected chi connectivity index (χ1v) is 6.72. The smallest absolute Gasteiger partial charge is 0.0700 e. The molecule has 0 aromatic carbocycles. The Morgan fingerprint density at radius 2 is 2.35 bits per heavy atom. The summed E-state index contributed by atoms with van der Waals surface area (Å²) in [4.78, 5) is 4.54. The highest BCUT2D eigenvalue weighted by Crippen LogP contribution is 2.27. The highest BCUT2D eigenvalue weighted by Gasteiger charge is 2.23. The fourth-order valence-corrected chi connectivity index (χ4v) is 2.89. The number of nitrogens with one attached hydrogen (secondary N) is 1. The van der Waals surface area contributed by atoms with E-state index < -0.39 is 0 Å². The lowest BCUT2D eigenvalue weighted by Gasteiger charge is -2.26. The minimum Gasteiger partial charge on any atom is -0.377 e. The third-order valence-electron chi connectivity index (χ3n) is 3.81. The van der Waals surface area contributed by atoms with Crippen LogP contribution >= 0.6 is 0 Å². The maximum atomic E-state index is 5.65. The van der Waals surface area contributed by atoms with Gasteiger partial charge in [0.2, 0.25) is 0 Å². The zero-order valence-electron chi connectivity index (χ0n) is 10.2. The zero-order chi connectivity index (χ0) is 11.5. The van der Waals surface area contributed by atoms with Crippen molar-refractivity contribution in [2.45, 2.75) is 44.2 Å². The van der Waals surface area contributed by atoms with Gasteiger partial charge in [0.1, 0.15) is 0 Å². The molecule has 3 heteroatoms. The summed E-state index contributed by atoms with van der Waals surface area (Å²) in [7, 11) is 0. The Kier molecular flexibility index (Phi) is 3.39. The van der Waals surface area contributed by atoms with Crippen molar-refractivity contribution in [1.29, 1.82) is 0 Å². The van der Waals surface area contributed by atoms with Crippen molar-refractivity contribution in [2.24, 2.45) is 0 Å². The van der Waals surface area contributed by atoms with Crippen molar-refractivity contribution >= 4 is 0 Å². The molecule has 92 valence electrons. The van der Waals surface area contributed by atoms with Crippen molar-refractivity contribution in [1.82, 2.24) is 10.3 Å². The molecule has 3 nitrogen and oxygen atoms in total. The largest absolute Gasteiger partial charge is 0.377 e. The second-order valence-corrected chi connectivity index (χ2v) is 5.04. The molecule has 0 saturated carbocycles. The molecule has 1 saturated heterocycles. The number of hydrogen-bond acceptors (Lipinski definition) is 3. The van der Waals surface area contributed by atoms with E-state index in [1.807, 2.05) is 12.3 Å².